The third kappa shape index (κ3) is 3.08. The Morgan fingerprint density at radius 1 is 1.00 bits per heavy atom. The van der Waals surface area contributed by atoms with E-state index in [0.717, 1.165) is 43.9 Å². The van der Waals surface area contributed by atoms with Gasteiger partial charge in [0.25, 0.3) is 0 Å². The van der Waals surface area contributed by atoms with Crippen LogP contribution in [0, 0.1) is 13.8 Å². The van der Waals surface area contributed by atoms with Crippen molar-refractivity contribution in [3.8, 4) is 5.69 Å². The number of pyridine rings is 1. The number of nitrogens with zero attached hydrogens (tertiary/aromatic N) is 4. The van der Waals surface area contributed by atoms with Crippen LogP contribution >= 0.6 is 23.4 Å². The Kier molecular flexibility index (Phi) is 4.66. The Hall–Kier alpha value is -2.37. The lowest BCUT2D eigenvalue weighted by molar-refractivity contribution is 0.862. The number of hydrogen-bond donors (Lipinski definition) is 0. The molecule has 2 aromatic heterocycles. The van der Waals surface area contributed by atoms with Gasteiger partial charge in [-0.1, -0.05) is 47.6 Å². The standard InChI is InChI=1S/C20H17ClN4S/c1-13-6-3-4-8-18(13)25-14(2)23-24-20(25)26-12-15-9-10-17(21)16-7-5-11-22-19(15)16/h3-11H,12H2,1-2H3. The Balaban J connectivity index is 1.69. The lowest BCUT2D eigenvalue weighted by Gasteiger charge is -2.11. The van der Waals surface area contributed by atoms with Crippen LogP contribution in [0.3, 0.4) is 0 Å². The maximum atomic E-state index is 6.30. The second-order valence-electron chi connectivity index (χ2n) is 6.05. The van der Waals surface area contributed by atoms with Crippen molar-refractivity contribution in [3.63, 3.8) is 0 Å². The summed E-state index contributed by atoms with van der Waals surface area (Å²) in [4.78, 5) is 4.51. The molecule has 4 aromatic rings. The van der Waals surface area contributed by atoms with Crippen molar-refractivity contribution < 1.29 is 0 Å². The number of aryl methyl sites for hydroxylation is 2. The topological polar surface area (TPSA) is 43.6 Å². The molecule has 0 aliphatic carbocycles. The van der Waals surface area contributed by atoms with Crippen molar-refractivity contribution in [1.29, 1.82) is 0 Å². The quantitative estimate of drug-likeness (QED) is 0.446. The zero-order chi connectivity index (χ0) is 18.1. The minimum atomic E-state index is 0.723. The molecule has 0 aliphatic rings. The van der Waals surface area contributed by atoms with Crippen LogP contribution in [0.4, 0.5) is 0 Å². The molecule has 0 saturated heterocycles. The fourth-order valence-electron chi connectivity index (χ4n) is 2.98. The van der Waals surface area contributed by atoms with Gasteiger partial charge in [-0.2, -0.15) is 0 Å². The molecule has 2 aromatic carbocycles. The van der Waals surface area contributed by atoms with E-state index < -0.39 is 0 Å². The van der Waals surface area contributed by atoms with Gasteiger partial charge in [-0.05, 0) is 49.2 Å². The highest BCUT2D eigenvalue weighted by atomic mass is 35.5. The lowest BCUT2D eigenvalue weighted by Crippen LogP contribution is -2.01. The molecule has 4 nitrogen and oxygen atoms in total. The molecule has 0 spiro atoms. The van der Waals surface area contributed by atoms with E-state index in [1.54, 1.807) is 18.0 Å². The molecule has 0 N–H and O–H groups in total. The van der Waals surface area contributed by atoms with Crippen LogP contribution in [0.2, 0.25) is 5.02 Å². The maximum absolute atomic E-state index is 6.30. The summed E-state index contributed by atoms with van der Waals surface area (Å²) < 4.78 is 2.10. The second kappa shape index (κ2) is 7.09. The number of rotatable bonds is 4. The molecule has 130 valence electrons. The minimum absolute atomic E-state index is 0.723. The second-order valence-corrected chi connectivity index (χ2v) is 7.40. The van der Waals surface area contributed by atoms with Gasteiger partial charge in [-0.3, -0.25) is 9.55 Å². The van der Waals surface area contributed by atoms with Gasteiger partial charge in [0.1, 0.15) is 5.82 Å². The molecule has 0 unspecified atom stereocenters. The van der Waals surface area contributed by atoms with Crippen molar-refractivity contribution in [2.24, 2.45) is 0 Å². The number of benzene rings is 2. The van der Waals surface area contributed by atoms with Crippen LogP contribution < -0.4 is 0 Å². The first-order chi connectivity index (χ1) is 12.6. The van der Waals surface area contributed by atoms with Gasteiger partial charge in [0.2, 0.25) is 0 Å². The van der Waals surface area contributed by atoms with Gasteiger partial charge < -0.3 is 0 Å². The smallest absolute Gasteiger partial charge is 0.196 e. The molecule has 6 heteroatoms. The van der Waals surface area contributed by atoms with Crippen molar-refractivity contribution in [2.75, 3.05) is 0 Å². The highest BCUT2D eigenvalue weighted by Gasteiger charge is 2.14. The van der Waals surface area contributed by atoms with Crippen molar-refractivity contribution in [2.45, 2.75) is 24.8 Å². The number of fused-ring (bicyclic) bond motifs is 1. The molecule has 0 fully saturated rings. The van der Waals surface area contributed by atoms with Crippen molar-refractivity contribution >= 4 is 34.3 Å². The first-order valence-corrected chi connectivity index (χ1v) is 9.64. The number of halogens is 1. The number of aromatic nitrogens is 4. The summed E-state index contributed by atoms with van der Waals surface area (Å²) in [6.07, 6.45) is 1.80. The highest BCUT2D eigenvalue weighted by molar-refractivity contribution is 7.98. The van der Waals surface area contributed by atoms with Gasteiger partial charge in [-0.15, -0.1) is 10.2 Å². The Bertz CT molecular complexity index is 1090. The highest BCUT2D eigenvalue weighted by Crippen LogP contribution is 2.31. The van der Waals surface area contributed by atoms with Crippen LogP contribution in [-0.4, -0.2) is 19.7 Å². The first kappa shape index (κ1) is 17.1. The Morgan fingerprint density at radius 3 is 2.69 bits per heavy atom. The third-order valence-corrected chi connectivity index (χ3v) is 5.62. The maximum Gasteiger partial charge on any atom is 0.196 e. The molecule has 0 aliphatic heterocycles. The summed E-state index contributed by atoms with van der Waals surface area (Å²) in [5.74, 6) is 1.62. The van der Waals surface area contributed by atoms with E-state index in [9.17, 15) is 0 Å². The molecular formula is C20H17ClN4S. The molecule has 0 bridgehead atoms. The fraction of sp³-hybridized carbons (Fsp3) is 0.150. The van der Waals surface area contributed by atoms with Crippen molar-refractivity contribution in [1.82, 2.24) is 19.7 Å². The van der Waals surface area contributed by atoms with Crippen LogP contribution in [-0.2, 0) is 5.75 Å². The normalized spacial score (nSPS) is 11.2. The average Bonchev–Trinajstić information content (AvgIpc) is 3.02. The molecule has 26 heavy (non-hydrogen) atoms. The van der Waals surface area contributed by atoms with E-state index >= 15 is 0 Å². The van der Waals surface area contributed by atoms with E-state index in [2.05, 4.69) is 38.8 Å². The Morgan fingerprint density at radius 2 is 1.85 bits per heavy atom. The zero-order valence-corrected chi connectivity index (χ0v) is 16.1. The molecule has 0 amide bonds. The van der Waals surface area contributed by atoms with Gasteiger partial charge in [0, 0.05) is 22.4 Å². The summed E-state index contributed by atoms with van der Waals surface area (Å²) in [6, 6.07) is 16.1. The molecule has 0 atom stereocenters. The third-order valence-electron chi connectivity index (χ3n) is 4.31. The van der Waals surface area contributed by atoms with Crippen LogP contribution in [0.1, 0.15) is 17.0 Å². The summed E-state index contributed by atoms with van der Waals surface area (Å²) in [5, 5.41) is 11.2. The monoisotopic (exact) mass is 380 g/mol. The van der Waals surface area contributed by atoms with Gasteiger partial charge in [0.05, 0.1) is 11.2 Å². The molecule has 4 rings (SSSR count). The lowest BCUT2D eigenvalue weighted by atomic mass is 10.1. The fourth-order valence-corrected chi connectivity index (χ4v) is 4.17. The first-order valence-electron chi connectivity index (χ1n) is 8.28. The predicted molar refractivity (Wildman–Crippen MR) is 107 cm³/mol. The van der Waals surface area contributed by atoms with E-state index in [1.165, 1.54) is 5.56 Å². The van der Waals surface area contributed by atoms with E-state index in [1.807, 2.05) is 43.3 Å². The zero-order valence-electron chi connectivity index (χ0n) is 14.5. The summed E-state index contributed by atoms with van der Waals surface area (Å²) in [7, 11) is 0. The molecule has 0 radical (unpaired) electrons. The van der Waals surface area contributed by atoms with Gasteiger partial charge in [-0.25, -0.2) is 0 Å². The van der Waals surface area contributed by atoms with E-state index in [4.69, 9.17) is 11.6 Å². The molecular weight excluding hydrogens is 364 g/mol. The summed E-state index contributed by atoms with van der Waals surface area (Å²) in [6.45, 7) is 4.07. The molecule has 0 saturated carbocycles. The van der Waals surface area contributed by atoms with Gasteiger partial charge >= 0.3 is 0 Å². The summed E-state index contributed by atoms with van der Waals surface area (Å²) in [5.41, 5.74) is 4.37. The van der Waals surface area contributed by atoms with Crippen LogP contribution in [0.25, 0.3) is 16.6 Å². The Labute approximate surface area is 161 Å². The number of thioether (sulfide) groups is 1. The van der Waals surface area contributed by atoms with Crippen LogP contribution in [0.15, 0.2) is 59.9 Å². The predicted octanol–water partition coefficient (Wildman–Crippen LogP) is 5.38. The molecule has 2 heterocycles. The van der Waals surface area contributed by atoms with Gasteiger partial charge in [0.15, 0.2) is 5.16 Å². The number of hydrogen-bond acceptors (Lipinski definition) is 4. The largest absolute Gasteiger partial charge is 0.274 e. The SMILES string of the molecule is Cc1ccccc1-n1c(C)nnc1SCc1ccc(Cl)c2cccnc12. The van der Waals surface area contributed by atoms with E-state index in [-0.39, 0.29) is 0 Å². The average molecular weight is 381 g/mol. The summed E-state index contributed by atoms with van der Waals surface area (Å²) >= 11 is 7.95. The van der Waals surface area contributed by atoms with E-state index in [0.29, 0.717) is 0 Å². The van der Waals surface area contributed by atoms with Crippen molar-refractivity contribution in [3.05, 3.63) is 76.7 Å². The number of para-hydroxylation sites is 1. The minimum Gasteiger partial charge on any atom is -0.274 e. The van der Waals surface area contributed by atoms with Crippen LogP contribution in [0.5, 0.6) is 0 Å².